The van der Waals surface area contributed by atoms with Gasteiger partial charge >= 0.3 is 0 Å². The van der Waals surface area contributed by atoms with Crippen molar-refractivity contribution in [1.82, 2.24) is 10.2 Å². The number of piperazine rings is 1. The molecule has 1 aromatic carbocycles. The molecule has 0 spiro atoms. The molecule has 1 aliphatic carbocycles. The summed E-state index contributed by atoms with van der Waals surface area (Å²) < 4.78 is 0. The molecule has 0 bridgehead atoms. The topological polar surface area (TPSA) is 49.4 Å². The van der Waals surface area contributed by atoms with Gasteiger partial charge in [0.05, 0.1) is 6.54 Å². The highest BCUT2D eigenvalue weighted by Gasteiger charge is 2.44. The molecular formula is C16H20N2O2. The molecule has 1 saturated heterocycles. The first-order valence-corrected chi connectivity index (χ1v) is 7.37. The molecule has 2 amide bonds. The lowest BCUT2D eigenvalue weighted by Gasteiger charge is -2.35. The van der Waals surface area contributed by atoms with Crippen molar-refractivity contribution in [3.63, 3.8) is 0 Å². The third kappa shape index (κ3) is 2.84. The van der Waals surface area contributed by atoms with E-state index in [9.17, 15) is 9.59 Å². The number of carbonyl (C=O) groups excluding carboxylic acids is 2. The van der Waals surface area contributed by atoms with Crippen LogP contribution in [0.3, 0.4) is 0 Å². The molecule has 4 heteroatoms. The van der Waals surface area contributed by atoms with Crippen LogP contribution in [0.5, 0.6) is 0 Å². The minimum atomic E-state index is -0.216. The van der Waals surface area contributed by atoms with Crippen LogP contribution in [-0.4, -0.2) is 35.8 Å². The minimum absolute atomic E-state index is 0.0341. The third-order valence-corrected chi connectivity index (χ3v) is 4.11. The number of nitrogens with one attached hydrogen (secondary N) is 1. The number of benzene rings is 1. The molecule has 20 heavy (non-hydrogen) atoms. The van der Waals surface area contributed by atoms with Crippen LogP contribution in [0.15, 0.2) is 30.3 Å². The predicted octanol–water partition coefficient (Wildman–Crippen LogP) is 1.36. The van der Waals surface area contributed by atoms with Crippen molar-refractivity contribution >= 4 is 11.8 Å². The largest absolute Gasteiger partial charge is 0.345 e. The van der Waals surface area contributed by atoms with E-state index >= 15 is 0 Å². The molecule has 1 saturated carbocycles. The van der Waals surface area contributed by atoms with E-state index in [-0.39, 0.29) is 24.4 Å². The SMILES string of the molecule is O=C1NCC(=O)N(CCCc2ccccc2)C1C1CC1. The van der Waals surface area contributed by atoms with E-state index in [0.29, 0.717) is 12.5 Å². The Bertz CT molecular complexity index is 496. The molecule has 0 aromatic heterocycles. The predicted molar refractivity (Wildman–Crippen MR) is 76.0 cm³/mol. The van der Waals surface area contributed by atoms with Gasteiger partial charge in [0.1, 0.15) is 6.04 Å². The first kappa shape index (κ1) is 13.2. The Morgan fingerprint density at radius 2 is 1.90 bits per heavy atom. The standard InChI is InChI=1S/C16H20N2O2/c19-14-11-17-16(20)15(13-8-9-13)18(14)10-4-7-12-5-2-1-3-6-12/h1-3,5-6,13,15H,4,7-11H2,(H,17,20). The van der Waals surface area contributed by atoms with E-state index in [1.165, 1.54) is 5.56 Å². The average Bonchev–Trinajstić information content (AvgIpc) is 3.28. The number of aryl methyl sites for hydroxylation is 1. The van der Waals surface area contributed by atoms with Crippen LogP contribution in [-0.2, 0) is 16.0 Å². The number of amides is 2. The second kappa shape index (κ2) is 5.65. The van der Waals surface area contributed by atoms with Gasteiger partial charge in [0.15, 0.2) is 0 Å². The Labute approximate surface area is 119 Å². The summed E-state index contributed by atoms with van der Waals surface area (Å²) in [6.07, 6.45) is 4.00. The fourth-order valence-electron chi connectivity index (χ4n) is 2.91. The van der Waals surface area contributed by atoms with Gasteiger partial charge in [-0.2, -0.15) is 0 Å². The Hall–Kier alpha value is -1.84. The number of hydrogen-bond donors (Lipinski definition) is 1. The highest BCUT2D eigenvalue weighted by Crippen LogP contribution is 2.36. The highest BCUT2D eigenvalue weighted by molar-refractivity contribution is 5.95. The Morgan fingerprint density at radius 3 is 2.60 bits per heavy atom. The molecule has 106 valence electrons. The van der Waals surface area contributed by atoms with Crippen LogP contribution in [0.25, 0.3) is 0 Å². The zero-order chi connectivity index (χ0) is 13.9. The van der Waals surface area contributed by atoms with E-state index in [1.54, 1.807) is 4.90 Å². The fourth-order valence-corrected chi connectivity index (χ4v) is 2.91. The second-order valence-electron chi connectivity index (χ2n) is 5.68. The Morgan fingerprint density at radius 1 is 1.15 bits per heavy atom. The van der Waals surface area contributed by atoms with Crippen molar-refractivity contribution in [2.75, 3.05) is 13.1 Å². The molecule has 0 radical (unpaired) electrons. The number of nitrogens with zero attached hydrogens (tertiary/aromatic N) is 1. The summed E-state index contributed by atoms with van der Waals surface area (Å²) in [5.41, 5.74) is 1.28. The van der Waals surface area contributed by atoms with Crippen LogP contribution in [0, 0.1) is 5.92 Å². The van der Waals surface area contributed by atoms with Crippen LogP contribution >= 0.6 is 0 Å². The van der Waals surface area contributed by atoms with Crippen LogP contribution < -0.4 is 5.32 Å². The minimum Gasteiger partial charge on any atom is -0.345 e. The summed E-state index contributed by atoms with van der Waals surface area (Å²) in [6.45, 7) is 0.843. The maximum Gasteiger partial charge on any atom is 0.243 e. The van der Waals surface area contributed by atoms with Crippen LogP contribution in [0.2, 0.25) is 0 Å². The van der Waals surface area contributed by atoms with E-state index in [0.717, 1.165) is 25.7 Å². The van der Waals surface area contributed by atoms with Gasteiger partial charge in [-0.05, 0) is 37.2 Å². The summed E-state index contributed by atoms with van der Waals surface area (Å²) in [5.74, 6) is 0.484. The summed E-state index contributed by atoms with van der Waals surface area (Å²) >= 11 is 0. The Kier molecular flexibility index (Phi) is 3.72. The van der Waals surface area contributed by atoms with Crippen molar-refractivity contribution in [3.8, 4) is 0 Å². The number of rotatable bonds is 5. The Balaban J connectivity index is 1.59. The maximum absolute atomic E-state index is 12.0. The zero-order valence-corrected chi connectivity index (χ0v) is 11.5. The monoisotopic (exact) mass is 272 g/mol. The van der Waals surface area contributed by atoms with Crippen molar-refractivity contribution in [2.45, 2.75) is 31.7 Å². The van der Waals surface area contributed by atoms with Crippen molar-refractivity contribution in [1.29, 1.82) is 0 Å². The molecule has 4 nitrogen and oxygen atoms in total. The molecule has 2 fully saturated rings. The normalized spacial score (nSPS) is 22.8. The lowest BCUT2D eigenvalue weighted by molar-refractivity contribution is -0.146. The smallest absolute Gasteiger partial charge is 0.243 e. The second-order valence-corrected chi connectivity index (χ2v) is 5.68. The van der Waals surface area contributed by atoms with Gasteiger partial charge < -0.3 is 10.2 Å². The van der Waals surface area contributed by atoms with Crippen LogP contribution in [0.4, 0.5) is 0 Å². The van der Waals surface area contributed by atoms with E-state index in [1.807, 2.05) is 18.2 Å². The molecular weight excluding hydrogens is 252 g/mol. The quantitative estimate of drug-likeness (QED) is 0.880. The molecule has 1 aromatic rings. The van der Waals surface area contributed by atoms with Gasteiger partial charge in [-0.3, -0.25) is 9.59 Å². The lowest BCUT2D eigenvalue weighted by Crippen LogP contribution is -2.59. The van der Waals surface area contributed by atoms with E-state index < -0.39 is 0 Å². The lowest BCUT2D eigenvalue weighted by atomic mass is 10.0. The summed E-state index contributed by atoms with van der Waals surface area (Å²) in [5, 5.41) is 2.71. The highest BCUT2D eigenvalue weighted by atomic mass is 16.2. The van der Waals surface area contributed by atoms with Gasteiger partial charge in [-0.25, -0.2) is 0 Å². The van der Waals surface area contributed by atoms with Gasteiger partial charge in [0, 0.05) is 6.54 Å². The molecule has 1 unspecified atom stereocenters. The summed E-state index contributed by atoms with van der Waals surface area (Å²) in [4.78, 5) is 25.8. The van der Waals surface area contributed by atoms with Crippen LogP contribution in [0.1, 0.15) is 24.8 Å². The molecule has 1 heterocycles. The van der Waals surface area contributed by atoms with E-state index in [4.69, 9.17) is 0 Å². The molecule has 3 rings (SSSR count). The third-order valence-electron chi connectivity index (χ3n) is 4.11. The molecule has 1 N–H and O–H groups in total. The maximum atomic E-state index is 12.0. The first-order valence-electron chi connectivity index (χ1n) is 7.37. The number of carbonyl (C=O) groups is 2. The van der Waals surface area contributed by atoms with Crippen molar-refractivity contribution in [2.24, 2.45) is 5.92 Å². The average molecular weight is 272 g/mol. The van der Waals surface area contributed by atoms with Gasteiger partial charge in [-0.1, -0.05) is 30.3 Å². The van der Waals surface area contributed by atoms with Gasteiger partial charge in [0.2, 0.25) is 11.8 Å². The fraction of sp³-hybridized carbons (Fsp3) is 0.500. The summed E-state index contributed by atoms with van der Waals surface area (Å²) in [6, 6.07) is 10.0. The molecule has 1 aliphatic heterocycles. The van der Waals surface area contributed by atoms with Gasteiger partial charge in [0.25, 0.3) is 0 Å². The number of hydrogen-bond acceptors (Lipinski definition) is 2. The van der Waals surface area contributed by atoms with Gasteiger partial charge in [-0.15, -0.1) is 0 Å². The first-order chi connectivity index (χ1) is 9.75. The van der Waals surface area contributed by atoms with Crippen molar-refractivity contribution in [3.05, 3.63) is 35.9 Å². The van der Waals surface area contributed by atoms with Crippen molar-refractivity contribution < 1.29 is 9.59 Å². The molecule has 2 aliphatic rings. The zero-order valence-electron chi connectivity index (χ0n) is 11.5. The summed E-state index contributed by atoms with van der Waals surface area (Å²) in [7, 11) is 0. The van der Waals surface area contributed by atoms with E-state index in [2.05, 4.69) is 17.4 Å². The molecule has 1 atom stereocenters.